The van der Waals surface area contributed by atoms with Gasteiger partial charge in [0.05, 0.1) is 0 Å². The molecule has 0 amide bonds. The monoisotopic (exact) mass is 293 g/mol. The number of rotatable bonds is 3. The zero-order valence-electron chi connectivity index (χ0n) is 10.7. The lowest BCUT2D eigenvalue weighted by Gasteiger charge is -2.15. The molecule has 5 nitrogen and oxygen atoms in total. The van der Waals surface area contributed by atoms with Crippen LogP contribution in [0.15, 0.2) is 24.3 Å². The second-order valence-corrected chi connectivity index (χ2v) is 4.90. The maximum Gasteiger partial charge on any atom is 0.233 e. The first-order valence-corrected chi connectivity index (χ1v) is 6.77. The molecule has 2 aromatic rings. The molecular weight excluding hydrogens is 281 g/mol. The number of hydrogen-bond acceptors (Lipinski definition) is 5. The van der Waals surface area contributed by atoms with Crippen molar-refractivity contribution in [3.63, 3.8) is 0 Å². The van der Waals surface area contributed by atoms with Crippen molar-refractivity contribution in [1.29, 1.82) is 0 Å². The zero-order chi connectivity index (χ0) is 13.9. The van der Waals surface area contributed by atoms with E-state index in [2.05, 4.69) is 25.2 Å². The third-order valence-electron chi connectivity index (χ3n) is 3.07. The van der Waals surface area contributed by atoms with Crippen LogP contribution in [0.1, 0.15) is 12.8 Å². The summed E-state index contributed by atoms with van der Waals surface area (Å²) in [6.07, 6.45) is 2.24. The number of benzene rings is 1. The predicted molar refractivity (Wildman–Crippen MR) is 76.0 cm³/mol. The van der Waals surface area contributed by atoms with Gasteiger partial charge in [-0.05, 0) is 42.6 Å². The number of nitrogens with zero attached hydrogens (tertiary/aromatic N) is 4. The second-order valence-electron chi connectivity index (χ2n) is 4.56. The van der Waals surface area contributed by atoms with Crippen LogP contribution in [-0.4, -0.2) is 28.0 Å². The van der Waals surface area contributed by atoms with Crippen molar-refractivity contribution in [3.05, 3.63) is 35.4 Å². The Kier molecular flexibility index (Phi) is 3.64. The summed E-state index contributed by atoms with van der Waals surface area (Å²) >= 11 is 5.92. The molecule has 0 bridgehead atoms. The first-order chi connectivity index (χ1) is 9.70. The maximum absolute atomic E-state index is 13.1. The lowest BCUT2D eigenvalue weighted by Crippen LogP contribution is -2.21. The summed E-state index contributed by atoms with van der Waals surface area (Å²) in [6, 6.07) is 6.09. The van der Waals surface area contributed by atoms with Crippen LogP contribution in [-0.2, 0) is 0 Å². The zero-order valence-corrected chi connectivity index (χ0v) is 11.4. The van der Waals surface area contributed by atoms with Crippen molar-refractivity contribution in [1.82, 2.24) is 15.0 Å². The Morgan fingerprint density at radius 3 is 2.70 bits per heavy atom. The fourth-order valence-electron chi connectivity index (χ4n) is 2.15. The lowest BCUT2D eigenvalue weighted by molar-refractivity contribution is 0.628. The summed E-state index contributed by atoms with van der Waals surface area (Å²) in [6.45, 7) is 1.83. The predicted octanol–water partition coefficient (Wildman–Crippen LogP) is 3.01. The van der Waals surface area contributed by atoms with Gasteiger partial charge in [0.2, 0.25) is 17.2 Å². The van der Waals surface area contributed by atoms with E-state index in [9.17, 15) is 4.39 Å². The third-order valence-corrected chi connectivity index (χ3v) is 3.24. The van der Waals surface area contributed by atoms with Gasteiger partial charge in [-0.15, -0.1) is 0 Å². The minimum Gasteiger partial charge on any atom is -0.341 e. The number of aromatic nitrogens is 3. The second kappa shape index (κ2) is 5.58. The van der Waals surface area contributed by atoms with Crippen molar-refractivity contribution in [2.75, 3.05) is 23.3 Å². The summed E-state index contributed by atoms with van der Waals surface area (Å²) in [5.41, 5.74) is 0.569. The molecule has 1 aromatic heterocycles. The molecule has 2 heterocycles. The van der Waals surface area contributed by atoms with Crippen LogP contribution in [0.5, 0.6) is 0 Å². The molecule has 20 heavy (non-hydrogen) atoms. The molecule has 0 atom stereocenters. The number of nitrogens with one attached hydrogen (secondary N) is 1. The normalized spacial score (nSPS) is 14.6. The molecule has 1 fully saturated rings. The van der Waals surface area contributed by atoms with E-state index >= 15 is 0 Å². The van der Waals surface area contributed by atoms with E-state index in [1.165, 1.54) is 12.1 Å². The van der Waals surface area contributed by atoms with E-state index in [4.69, 9.17) is 11.6 Å². The first kappa shape index (κ1) is 13.1. The molecule has 0 saturated carbocycles. The molecule has 0 unspecified atom stereocenters. The van der Waals surface area contributed by atoms with Crippen LogP contribution in [0, 0.1) is 5.82 Å². The van der Waals surface area contributed by atoms with E-state index in [0.29, 0.717) is 17.6 Å². The van der Waals surface area contributed by atoms with E-state index in [0.717, 1.165) is 25.9 Å². The fraction of sp³-hybridized carbons (Fsp3) is 0.308. The largest absolute Gasteiger partial charge is 0.341 e. The van der Waals surface area contributed by atoms with E-state index in [-0.39, 0.29) is 11.1 Å². The van der Waals surface area contributed by atoms with Crippen molar-refractivity contribution in [2.45, 2.75) is 12.8 Å². The molecule has 0 spiro atoms. The highest BCUT2D eigenvalue weighted by atomic mass is 35.5. The molecule has 7 heteroatoms. The van der Waals surface area contributed by atoms with Crippen molar-refractivity contribution < 1.29 is 4.39 Å². The Labute approximate surface area is 120 Å². The van der Waals surface area contributed by atoms with Gasteiger partial charge in [-0.1, -0.05) is 6.07 Å². The molecule has 0 aliphatic carbocycles. The molecule has 1 N–H and O–H groups in total. The quantitative estimate of drug-likeness (QED) is 0.943. The van der Waals surface area contributed by atoms with E-state index in [1.54, 1.807) is 12.1 Å². The number of halogens is 2. The van der Waals surface area contributed by atoms with Gasteiger partial charge < -0.3 is 10.2 Å². The Morgan fingerprint density at radius 1 is 1.15 bits per heavy atom. The number of hydrogen-bond donors (Lipinski definition) is 1. The Balaban J connectivity index is 1.85. The van der Waals surface area contributed by atoms with E-state index in [1.807, 2.05) is 0 Å². The Hall–Kier alpha value is -1.95. The fourth-order valence-corrected chi connectivity index (χ4v) is 2.31. The Morgan fingerprint density at radius 2 is 1.95 bits per heavy atom. The SMILES string of the molecule is Fc1cccc(Nc2nc(Cl)nc(N3CCCC3)n2)c1. The standard InChI is InChI=1S/C13H13ClFN5/c14-11-17-12(16-10-5-3-4-9(15)8-10)19-13(18-11)20-6-1-2-7-20/h3-5,8H,1-2,6-7H2,(H,16,17,18,19). The van der Waals surface area contributed by atoms with Gasteiger partial charge in [0.25, 0.3) is 0 Å². The third kappa shape index (κ3) is 2.96. The average molecular weight is 294 g/mol. The maximum atomic E-state index is 13.1. The molecule has 3 rings (SSSR count). The van der Waals surface area contributed by atoms with Gasteiger partial charge >= 0.3 is 0 Å². The summed E-state index contributed by atoms with van der Waals surface area (Å²) in [5, 5.41) is 3.06. The molecule has 1 aromatic carbocycles. The van der Waals surface area contributed by atoms with Crippen LogP contribution >= 0.6 is 11.6 Å². The number of anilines is 3. The van der Waals surface area contributed by atoms with Gasteiger partial charge in [0.1, 0.15) is 5.82 Å². The van der Waals surface area contributed by atoms with Crippen LogP contribution in [0.3, 0.4) is 0 Å². The smallest absolute Gasteiger partial charge is 0.233 e. The lowest BCUT2D eigenvalue weighted by atomic mass is 10.3. The van der Waals surface area contributed by atoms with Crippen molar-refractivity contribution in [3.8, 4) is 0 Å². The molecule has 104 valence electrons. The van der Waals surface area contributed by atoms with Gasteiger partial charge in [-0.25, -0.2) is 4.39 Å². The van der Waals surface area contributed by atoms with Gasteiger partial charge in [0, 0.05) is 18.8 Å². The first-order valence-electron chi connectivity index (χ1n) is 6.40. The summed E-state index contributed by atoms with van der Waals surface area (Å²) in [7, 11) is 0. The summed E-state index contributed by atoms with van der Waals surface area (Å²) < 4.78 is 13.1. The molecule has 1 saturated heterocycles. The highest BCUT2D eigenvalue weighted by molar-refractivity contribution is 6.28. The average Bonchev–Trinajstić information content (AvgIpc) is 2.91. The van der Waals surface area contributed by atoms with Gasteiger partial charge in [0.15, 0.2) is 0 Å². The topological polar surface area (TPSA) is 53.9 Å². The van der Waals surface area contributed by atoms with Crippen LogP contribution in [0.4, 0.5) is 22.0 Å². The molecular formula is C13H13ClFN5. The van der Waals surface area contributed by atoms with E-state index < -0.39 is 0 Å². The summed E-state index contributed by atoms with van der Waals surface area (Å²) in [5.74, 6) is 0.550. The highest BCUT2D eigenvalue weighted by Gasteiger charge is 2.17. The van der Waals surface area contributed by atoms with Crippen LogP contribution in [0.2, 0.25) is 5.28 Å². The minimum absolute atomic E-state index is 0.126. The Bertz CT molecular complexity index is 615. The van der Waals surface area contributed by atoms with Crippen LogP contribution < -0.4 is 10.2 Å². The summed E-state index contributed by atoms with van der Waals surface area (Å²) in [4.78, 5) is 14.5. The molecule has 0 radical (unpaired) electrons. The van der Waals surface area contributed by atoms with Gasteiger partial charge in [-0.3, -0.25) is 0 Å². The van der Waals surface area contributed by atoms with Crippen LogP contribution in [0.25, 0.3) is 0 Å². The van der Waals surface area contributed by atoms with Crippen molar-refractivity contribution >= 4 is 29.2 Å². The molecule has 1 aliphatic rings. The minimum atomic E-state index is -0.324. The van der Waals surface area contributed by atoms with Crippen molar-refractivity contribution in [2.24, 2.45) is 0 Å². The highest BCUT2D eigenvalue weighted by Crippen LogP contribution is 2.20. The molecule has 1 aliphatic heterocycles. The van der Waals surface area contributed by atoms with Gasteiger partial charge in [-0.2, -0.15) is 15.0 Å².